The van der Waals surface area contributed by atoms with Crippen molar-refractivity contribution in [3.8, 4) is 5.75 Å². The molecule has 8 heteroatoms. The number of rotatable bonds is 8. The zero-order valence-electron chi connectivity index (χ0n) is 15.0. The summed E-state index contributed by atoms with van der Waals surface area (Å²) in [4.78, 5) is 26.6. The average molecular weight is 367 g/mol. The van der Waals surface area contributed by atoms with E-state index in [0.29, 0.717) is 39.0 Å². The largest absolute Gasteiger partial charge is 0.489 e. The molecule has 1 aliphatic heterocycles. The summed E-state index contributed by atoms with van der Waals surface area (Å²) in [5.41, 5.74) is 0. The van der Waals surface area contributed by atoms with E-state index < -0.39 is 11.8 Å². The molecule has 0 unspecified atom stereocenters. The molecule has 144 valence electrons. The van der Waals surface area contributed by atoms with Crippen molar-refractivity contribution >= 4 is 12.0 Å². The number of nitrogens with zero attached hydrogens (tertiary/aromatic N) is 2. The lowest BCUT2D eigenvalue weighted by molar-refractivity contribution is -0.139. The number of halogens is 1. The zero-order chi connectivity index (χ0) is 18.9. The molecule has 1 fully saturated rings. The Morgan fingerprint density at radius 1 is 1.35 bits per heavy atom. The summed E-state index contributed by atoms with van der Waals surface area (Å²) in [6.45, 7) is 4.09. The van der Waals surface area contributed by atoms with Gasteiger partial charge in [-0.25, -0.2) is 9.18 Å². The van der Waals surface area contributed by atoms with E-state index in [9.17, 15) is 14.0 Å². The molecule has 1 heterocycles. The maximum atomic E-state index is 13.6. The van der Waals surface area contributed by atoms with Gasteiger partial charge in [-0.15, -0.1) is 0 Å². The predicted molar refractivity (Wildman–Crippen MR) is 94.8 cm³/mol. The number of ether oxygens (including phenoxy) is 1. The van der Waals surface area contributed by atoms with Gasteiger partial charge in [0.25, 0.3) is 0 Å². The Hall–Kier alpha value is -2.35. The standard InChI is InChI=1S/C18H26FN3O4/c1-2-20-18(25)21-9-7-14(8-10-21)22(13-17(23)24)11-12-26-16-6-4-3-5-15(16)19/h3-6,14H,2,7-13H2,1H3,(H,20,25)(H,23,24). The number of hydrogen-bond acceptors (Lipinski definition) is 4. The Labute approximate surface area is 152 Å². The third-order valence-electron chi connectivity index (χ3n) is 4.41. The summed E-state index contributed by atoms with van der Waals surface area (Å²) < 4.78 is 19.0. The van der Waals surface area contributed by atoms with Crippen LogP contribution in [0.5, 0.6) is 5.75 Å². The fraction of sp³-hybridized carbons (Fsp3) is 0.556. The van der Waals surface area contributed by atoms with Gasteiger partial charge in [0, 0.05) is 32.2 Å². The van der Waals surface area contributed by atoms with Crippen molar-refractivity contribution in [1.82, 2.24) is 15.1 Å². The van der Waals surface area contributed by atoms with Crippen LogP contribution < -0.4 is 10.1 Å². The summed E-state index contributed by atoms with van der Waals surface area (Å²) in [7, 11) is 0. The van der Waals surface area contributed by atoms with Gasteiger partial charge in [0.05, 0.1) is 6.54 Å². The van der Waals surface area contributed by atoms with Crippen molar-refractivity contribution in [3.05, 3.63) is 30.1 Å². The maximum Gasteiger partial charge on any atom is 0.317 e. The van der Waals surface area contributed by atoms with Gasteiger partial charge in [0.2, 0.25) is 0 Å². The van der Waals surface area contributed by atoms with Crippen LogP contribution >= 0.6 is 0 Å². The van der Waals surface area contributed by atoms with Gasteiger partial charge < -0.3 is 20.1 Å². The highest BCUT2D eigenvalue weighted by Gasteiger charge is 2.27. The summed E-state index contributed by atoms with van der Waals surface area (Å²) >= 11 is 0. The molecular weight excluding hydrogens is 341 g/mol. The fourth-order valence-electron chi connectivity index (χ4n) is 3.10. The van der Waals surface area contributed by atoms with E-state index >= 15 is 0 Å². The molecular formula is C18H26FN3O4. The third-order valence-corrected chi connectivity index (χ3v) is 4.41. The average Bonchev–Trinajstić information content (AvgIpc) is 2.62. The predicted octanol–water partition coefficient (Wildman–Crippen LogP) is 1.78. The molecule has 2 rings (SSSR count). The van der Waals surface area contributed by atoms with Crippen molar-refractivity contribution in [2.75, 3.05) is 39.3 Å². The van der Waals surface area contributed by atoms with Gasteiger partial charge in [-0.05, 0) is 31.9 Å². The lowest BCUT2D eigenvalue weighted by Gasteiger charge is -2.37. The number of nitrogens with one attached hydrogen (secondary N) is 1. The monoisotopic (exact) mass is 367 g/mol. The number of carboxylic acids is 1. The second kappa shape index (κ2) is 9.96. The number of carbonyl (C=O) groups excluding carboxylic acids is 1. The first-order valence-corrected chi connectivity index (χ1v) is 8.87. The molecule has 0 aliphatic carbocycles. The van der Waals surface area contributed by atoms with Crippen LogP contribution in [0.4, 0.5) is 9.18 Å². The Morgan fingerprint density at radius 2 is 2.04 bits per heavy atom. The van der Waals surface area contributed by atoms with E-state index in [2.05, 4.69) is 5.32 Å². The number of para-hydroxylation sites is 1. The number of benzene rings is 1. The molecule has 1 aromatic rings. The minimum absolute atomic E-state index is 0.0565. The molecule has 0 saturated carbocycles. The Bertz CT molecular complexity index is 606. The van der Waals surface area contributed by atoms with E-state index in [4.69, 9.17) is 9.84 Å². The highest BCUT2D eigenvalue weighted by atomic mass is 19.1. The van der Waals surface area contributed by atoms with Crippen LogP contribution in [-0.2, 0) is 4.79 Å². The number of urea groups is 1. The molecule has 0 aromatic heterocycles. The van der Waals surface area contributed by atoms with Crippen LogP contribution in [0.1, 0.15) is 19.8 Å². The molecule has 0 radical (unpaired) electrons. The first-order valence-electron chi connectivity index (χ1n) is 8.87. The third kappa shape index (κ3) is 5.87. The van der Waals surface area contributed by atoms with Crippen LogP contribution in [0.3, 0.4) is 0 Å². The maximum absolute atomic E-state index is 13.6. The lowest BCUT2D eigenvalue weighted by Crippen LogP contribution is -2.51. The van der Waals surface area contributed by atoms with E-state index in [0.717, 1.165) is 0 Å². The molecule has 2 amide bonds. The van der Waals surface area contributed by atoms with E-state index in [-0.39, 0.29) is 31.0 Å². The number of aliphatic carboxylic acids is 1. The quantitative estimate of drug-likeness (QED) is 0.732. The van der Waals surface area contributed by atoms with Gasteiger partial charge in [0.1, 0.15) is 6.61 Å². The van der Waals surface area contributed by atoms with E-state index in [1.165, 1.54) is 6.07 Å². The fourth-order valence-corrected chi connectivity index (χ4v) is 3.10. The molecule has 1 aromatic carbocycles. The Balaban J connectivity index is 1.86. The molecule has 26 heavy (non-hydrogen) atoms. The molecule has 7 nitrogen and oxygen atoms in total. The van der Waals surface area contributed by atoms with Gasteiger partial charge in [-0.1, -0.05) is 12.1 Å². The van der Waals surface area contributed by atoms with Crippen molar-refractivity contribution in [2.24, 2.45) is 0 Å². The Kier molecular flexibility index (Phi) is 7.65. The summed E-state index contributed by atoms with van der Waals surface area (Å²) in [6.07, 6.45) is 1.40. The highest BCUT2D eigenvalue weighted by molar-refractivity contribution is 5.74. The summed E-state index contributed by atoms with van der Waals surface area (Å²) in [5.74, 6) is -1.19. The molecule has 0 spiro atoms. The van der Waals surface area contributed by atoms with E-state index in [1.54, 1.807) is 23.1 Å². The van der Waals surface area contributed by atoms with Crippen LogP contribution in [0.25, 0.3) is 0 Å². The van der Waals surface area contributed by atoms with Crippen molar-refractivity contribution in [3.63, 3.8) is 0 Å². The second-order valence-corrected chi connectivity index (χ2v) is 6.20. The van der Waals surface area contributed by atoms with Crippen molar-refractivity contribution in [1.29, 1.82) is 0 Å². The SMILES string of the molecule is CCNC(=O)N1CCC(N(CCOc2ccccc2F)CC(=O)O)CC1. The van der Waals surface area contributed by atoms with Crippen molar-refractivity contribution in [2.45, 2.75) is 25.8 Å². The number of hydrogen-bond donors (Lipinski definition) is 2. The minimum Gasteiger partial charge on any atom is -0.489 e. The summed E-state index contributed by atoms with van der Waals surface area (Å²) in [5, 5.41) is 11.9. The number of carbonyl (C=O) groups is 2. The van der Waals surface area contributed by atoms with Gasteiger partial charge in [0.15, 0.2) is 11.6 Å². The van der Waals surface area contributed by atoms with Crippen LogP contribution in [0.15, 0.2) is 24.3 Å². The highest BCUT2D eigenvalue weighted by Crippen LogP contribution is 2.18. The molecule has 1 aliphatic rings. The first-order chi connectivity index (χ1) is 12.5. The van der Waals surface area contributed by atoms with Crippen LogP contribution in [-0.4, -0.2) is 72.3 Å². The number of likely N-dealkylation sites (tertiary alicyclic amines) is 1. The zero-order valence-corrected chi connectivity index (χ0v) is 15.0. The number of piperidine rings is 1. The molecule has 0 atom stereocenters. The summed E-state index contributed by atoms with van der Waals surface area (Å²) in [6, 6.07) is 6.11. The molecule has 0 bridgehead atoms. The van der Waals surface area contributed by atoms with Gasteiger partial charge in [-0.3, -0.25) is 9.69 Å². The smallest absolute Gasteiger partial charge is 0.317 e. The van der Waals surface area contributed by atoms with Gasteiger partial charge >= 0.3 is 12.0 Å². The molecule has 2 N–H and O–H groups in total. The number of amides is 2. The minimum atomic E-state index is -0.915. The van der Waals surface area contributed by atoms with Crippen LogP contribution in [0.2, 0.25) is 0 Å². The van der Waals surface area contributed by atoms with Gasteiger partial charge in [-0.2, -0.15) is 0 Å². The first kappa shape index (κ1) is 20.0. The van der Waals surface area contributed by atoms with Crippen LogP contribution in [0, 0.1) is 5.82 Å². The Morgan fingerprint density at radius 3 is 2.65 bits per heavy atom. The van der Waals surface area contributed by atoms with Crippen molar-refractivity contribution < 1.29 is 23.8 Å². The normalized spacial score (nSPS) is 15.1. The number of carboxylic acid groups (broad SMARTS) is 1. The lowest BCUT2D eigenvalue weighted by atomic mass is 10.0. The second-order valence-electron chi connectivity index (χ2n) is 6.20. The topological polar surface area (TPSA) is 82.1 Å². The molecule has 1 saturated heterocycles. The van der Waals surface area contributed by atoms with E-state index in [1.807, 2.05) is 11.8 Å².